The number of aryl methyl sites for hydroxylation is 1. The number of carbonyl (C=O) groups excluding carboxylic acids is 1. The van der Waals surface area contributed by atoms with Gasteiger partial charge >= 0.3 is 6.03 Å². The number of urea groups is 1. The average Bonchev–Trinajstić information content (AvgIpc) is 3.11. The van der Waals surface area contributed by atoms with Gasteiger partial charge in [0.2, 0.25) is 0 Å². The van der Waals surface area contributed by atoms with E-state index in [0.29, 0.717) is 23.8 Å². The number of aromatic nitrogens is 3. The summed E-state index contributed by atoms with van der Waals surface area (Å²) >= 11 is 6.12. The molecule has 0 bridgehead atoms. The third-order valence-electron chi connectivity index (χ3n) is 4.95. The first-order chi connectivity index (χ1) is 14.5. The summed E-state index contributed by atoms with van der Waals surface area (Å²) in [7, 11) is 0. The zero-order valence-corrected chi connectivity index (χ0v) is 17.6. The van der Waals surface area contributed by atoms with Crippen molar-refractivity contribution in [3.05, 3.63) is 76.9 Å². The van der Waals surface area contributed by atoms with Crippen molar-refractivity contribution in [1.82, 2.24) is 19.9 Å². The number of nitrogens with zero attached hydrogens (tertiary/aromatic N) is 3. The fourth-order valence-corrected chi connectivity index (χ4v) is 3.46. The molecule has 152 valence electrons. The number of benzene rings is 2. The second-order valence-corrected chi connectivity index (χ2v) is 7.50. The first kappa shape index (κ1) is 19.9. The molecule has 2 amide bonds. The Balaban J connectivity index is 1.51. The zero-order chi connectivity index (χ0) is 21.1. The van der Waals surface area contributed by atoms with E-state index in [1.54, 1.807) is 12.3 Å². The number of anilines is 1. The average molecular weight is 420 g/mol. The summed E-state index contributed by atoms with van der Waals surface area (Å²) in [5, 5.41) is 6.36. The summed E-state index contributed by atoms with van der Waals surface area (Å²) in [6.07, 6.45) is 1.75. The van der Waals surface area contributed by atoms with Crippen LogP contribution in [-0.2, 0) is 6.54 Å². The Morgan fingerprint density at radius 3 is 2.67 bits per heavy atom. The van der Waals surface area contributed by atoms with Crippen molar-refractivity contribution in [2.24, 2.45) is 0 Å². The first-order valence-corrected chi connectivity index (χ1v) is 10.1. The molecule has 0 saturated carbocycles. The van der Waals surface area contributed by atoms with Crippen LogP contribution in [0.15, 0.2) is 60.8 Å². The summed E-state index contributed by atoms with van der Waals surface area (Å²) in [5.41, 5.74) is 5.34. The van der Waals surface area contributed by atoms with E-state index in [4.69, 9.17) is 16.6 Å². The number of imidazole rings is 1. The lowest BCUT2D eigenvalue weighted by atomic mass is 10.1. The third kappa shape index (κ3) is 4.14. The van der Waals surface area contributed by atoms with Gasteiger partial charge in [-0.1, -0.05) is 47.5 Å². The van der Waals surface area contributed by atoms with Gasteiger partial charge in [-0.3, -0.25) is 0 Å². The smallest absolute Gasteiger partial charge is 0.319 e. The van der Waals surface area contributed by atoms with Gasteiger partial charge in [0.25, 0.3) is 0 Å². The zero-order valence-electron chi connectivity index (χ0n) is 16.8. The molecular formula is C23H22ClN5O. The highest BCUT2D eigenvalue weighted by Crippen LogP contribution is 2.24. The Bertz CT molecular complexity index is 1200. The van der Waals surface area contributed by atoms with Gasteiger partial charge in [0.1, 0.15) is 11.3 Å². The predicted molar refractivity (Wildman–Crippen MR) is 121 cm³/mol. The van der Waals surface area contributed by atoms with Crippen LogP contribution in [0, 0.1) is 13.8 Å². The van der Waals surface area contributed by atoms with Crippen LogP contribution >= 0.6 is 11.6 Å². The molecule has 30 heavy (non-hydrogen) atoms. The van der Waals surface area contributed by atoms with Crippen LogP contribution in [0.5, 0.6) is 0 Å². The Morgan fingerprint density at radius 1 is 1.07 bits per heavy atom. The second-order valence-electron chi connectivity index (χ2n) is 7.09. The quantitative estimate of drug-likeness (QED) is 0.467. The molecule has 7 heteroatoms. The van der Waals surface area contributed by atoms with Crippen molar-refractivity contribution in [2.75, 3.05) is 11.9 Å². The molecule has 2 heterocycles. The highest BCUT2D eigenvalue weighted by molar-refractivity contribution is 6.31. The maximum absolute atomic E-state index is 12.4. The topological polar surface area (TPSA) is 71.8 Å². The molecule has 0 saturated heterocycles. The first-order valence-electron chi connectivity index (χ1n) is 9.71. The van der Waals surface area contributed by atoms with E-state index in [9.17, 15) is 4.79 Å². The van der Waals surface area contributed by atoms with Crippen molar-refractivity contribution < 1.29 is 4.79 Å². The summed E-state index contributed by atoms with van der Waals surface area (Å²) in [5.74, 6) is 0.830. The Kier molecular flexibility index (Phi) is 5.68. The Hall–Kier alpha value is -3.38. The highest BCUT2D eigenvalue weighted by atomic mass is 35.5. The Labute approximate surface area is 179 Å². The number of carbonyl (C=O) groups is 1. The molecule has 2 N–H and O–H groups in total. The summed E-state index contributed by atoms with van der Waals surface area (Å²) < 4.78 is 2.03. The number of halogens is 1. The molecule has 2 aromatic carbocycles. The molecule has 2 aromatic heterocycles. The van der Waals surface area contributed by atoms with Gasteiger partial charge in [-0.05, 0) is 43.7 Å². The number of hydrogen-bond acceptors (Lipinski definition) is 3. The van der Waals surface area contributed by atoms with Crippen molar-refractivity contribution >= 4 is 34.5 Å². The predicted octanol–water partition coefficient (Wildman–Crippen LogP) is 5.19. The van der Waals surface area contributed by atoms with E-state index in [-0.39, 0.29) is 6.03 Å². The second kappa shape index (κ2) is 8.55. The molecule has 0 fully saturated rings. The van der Waals surface area contributed by atoms with Crippen LogP contribution in [0.25, 0.3) is 22.6 Å². The lowest BCUT2D eigenvalue weighted by molar-refractivity contribution is 0.251. The fourth-order valence-electron chi connectivity index (χ4n) is 3.28. The molecule has 6 nitrogen and oxygen atoms in total. The number of nitrogens with one attached hydrogen (secondary N) is 2. The van der Waals surface area contributed by atoms with Crippen molar-refractivity contribution in [3.63, 3.8) is 0 Å². The highest BCUT2D eigenvalue weighted by Gasteiger charge is 2.14. The van der Waals surface area contributed by atoms with Crippen LogP contribution < -0.4 is 10.6 Å². The van der Waals surface area contributed by atoms with Gasteiger partial charge in [0.05, 0.1) is 0 Å². The van der Waals surface area contributed by atoms with E-state index in [1.807, 2.05) is 35.8 Å². The molecule has 0 aliphatic carbocycles. The van der Waals surface area contributed by atoms with Crippen LogP contribution in [-0.4, -0.2) is 27.1 Å². The molecule has 0 radical (unpaired) electrons. The van der Waals surface area contributed by atoms with E-state index >= 15 is 0 Å². The van der Waals surface area contributed by atoms with E-state index < -0.39 is 0 Å². The SMILES string of the molecule is Cc1ccc(-c2nc3cccnc3n2CCNC(=O)Nc2cccc(Cl)c2C)cc1. The lowest BCUT2D eigenvalue weighted by Gasteiger charge is -2.12. The van der Waals surface area contributed by atoms with Gasteiger partial charge in [-0.2, -0.15) is 0 Å². The minimum absolute atomic E-state index is 0.283. The van der Waals surface area contributed by atoms with Crippen LogP contribution in [0.1, 0.15) is 11.1 Å². The summed E-state index contributed by atoms with van der Waals surface area (Å²) in [6, 6.07) is 17.2. The minimum Gasteiger partial charge on any atom is -0.336 e. The molecule has 0 aliphatic rings. The van der Waals surface area contributed by atoms with E-state index in [2.05, 4.69) is 46.8 Å². The van der Waals surface area contributed by atoms with Gasteiger partial charge < -0.3 is 15.2 Å². The Morgan fingerprint density at radius 2 is 1.87 bits per heavy atom. The molecule has 0 atom stereocenters. The molecule has 0 unspecified atom stereocenters. The summed E-state index contributed by atoms with van der Waals surface area (Å²) in [6.45, 7) is 4.89. The van der Waals surface area contributed by atoms with Crippen LogP contribution in [0.2, 0.25) is 5.02 Å². The summed E-state index contributed by atoms with van der Waals surface area (Å²) in [4.78, 5) is 21.6. The largest absolute Gasteiger partial charge is 0.336 e. The molecule has 0 spiro atoms. The monoisotopic (exact) mass is 419 g/mol. The van der Waals surface area contributed by atoms with Crippen molar-refractivity contribution in [2.45, 2.75) is 20.4 Å². The van der Waals surface area contributed by atoms with Gasteiger partial charge in [0, 0.05) is 35.6 Å². The van der Waals surface area contributed by atoms with E-state index in [1.165, 1.54) is 5.56 Å². The molecule has 4 rings (SSSR count). The van der Waals surface area contributed by atoms with Crippen molar-refractivity contribution in [3.8, 4) is 11.4 Å². The molecule has 4 aromatic rings. The number of amides is 2. The number of rotatable bonds is 5. The van der Waals surface area contributed by atoms with Crippen LogP contribution in [0.4, 0.5) is 10.5 Å². The van der Waals surface area contributed by atoms with Gasteiger partial charge in [0.15, 0.2) is 5.65 Å². The van der Waals surface area contributed by atoms with Gasteiger partial charge in [-0.25, -0.2) is 14.8 Å². The maximum Gasteiger partial charge on any atom is 0.319 e. The number of hydrogen-bond donors (Lipinski definition) is 2. The standard InChI is InChI=1S/C23H22ClN5O/c1-15-8-10-17(11-9-15)21-27-20-7-4-12-25-22(20)29(21)14-13-26-23(30)28-19-6-3-5-18(24)16(19)2/h3-12H,13-14H2,1-2H3,(H2,26,28,30). The number of pyridine rings is 1. The normalized spacial score (nSPS) is 10.9. The third-order valence-corrected chi connectivity index (χ3v) is 5.36. The fraction of sp³-hybridized carbons (Fsp3) is 0.174. The van der Waals surface area contributed by atoms with Crippen LogP contribution in [0.3, 0.4) is 0 Å². The maximum atomic E-state index is 12.4. The lowest BCUT2D eigenvalue weighted by Crippen LogP contribution is -2.31. The van der Waals surface area contributed by atoms with Gasteiger partial charge in [-0.15, -0.1) is 0 Å². The number of fused-ring (bicyclic) bond motifs is 1. The minimum atomic E-state index is -0.283. The molecular weight excluding hydrogens is 398 g/mol. The molecule has 0 aliphatic heterocycles. The van der Waals surface area contributed by atoms with Crippen molar-refractivity contribution in [1.29, 1.82) is 0 Å². The van der Waals surface area contributed by atoms with E-state index in [0.717, 1.165) is 28.1 Å².